The van der Waals surface area contributed by atoms with Crippen LogP contribution in [0.4, 0.5) is 0 Å². The first kappa shape index (κ1) is 16.8. The second-order valence-electron chi connectivity index (χ2n) is 5.39. The molecule has 0 bridgehead atoms. The summed E-state index contributed by atoms with van der Waals surface area (Å²) in [6.07, 6.45) is 0. The van der Waals surface area contributed by atoms with Crippen molar-refractivity contribution >= 4 is 16.8 Å². The second-order valence-corrected chi connectivity index (χ2v) is 5.73. The Bertz CT molecular complexity index is 931. The van der Waals surface area contributed by atoms with Gasteiger partial charge in [-0.25, -0.2) is 0 Å². The summed E-state index contributed by atoms with van der Waals surface area (Å²) >= 11 is 5.85. The van der Waals surface area contributed by atoms with Crippen molar-refractivity contribution in [3.63, 3.8) is 0 Å². The van der Waals surface area contributed by atoms with Gasteiger partial charge < -0.3 is 4.74 Å². The van der Waals surface area contributed by atoms with Crippen LogP contribution >= 0.6 is 11.6 Å². The number of hydrogen-bond donors (Lipinski definition) is 0. The van der Waals surface area contributed by atoms with Gasteiger partial charge in [0.2, 0.25) is 0 Å². The summed E-state index contributed by atoms with van der Waals surface area (Å²) in [5.41, 5.74) is 2.80. The fourth-order valence-electron chi connectivity index (χ4n) is 2.63. The molecule has 3 nitrogen and oxygen atoms in total. The summed E-state index contributed by atoms with van der Waals surface area (Å²) < 4.78 is 5.83. The SMILES string of the molecule is N#Cc1ccc(OCc2ccccc2)c(C(=O)Cl)c1-c1ccccc1. The van der Waals surface area contributed by atoms with E-state index in [1.165, 1.54) is 0 Å². The lowest BCUT2D eigenvalue weighted by molar-refractivity contribution is 0.107. The average molecular weight is 348 g/mol. The molecule has 0 atom stereocenters. The van der Waals surface area contributed by atoms with Crippen LogP contribution in [0.5, 0.6) is 5.75 Å². The molecule has 122 valence electrons. The molecule has 0 radical (unpaired) electrons. The second kappa shape index (κ2) is 7.65. The van der Waals surface area contributed by atoms with Crippen LogP contribution in [0.2, 0.25) is 0 Å². The van der Waals surface area contributed by atoms with Gasteiger partial charge >= 0.3 is 0 Å². The van der Waals surface area contributed by atoms with Gasteiger partial charge in [0.1, 0.15) is 12.4 Å². The van der Waals surface area contributed by atoms with Gasteiger partial charge in [-0.1, -0.05) is 60.7 Å². The van der Waals surface area contributed by atoms with Crippen molar-refractivity contribution in [2.45, 2.75) is 6.61 Å². The first-order valence-electron chi connectivity index (χ1n) is 7.70. The Morgan fingerprint density at radius 1 is 0.960 bits per heavy atom. The molecule has 0 aliphatic rings. The summed E-state index contributed by atoms with van der Waals surface area (Å²) in [6, 6.07) is 24.2. The van der Waals surface area contributed by atoms with Crippen LogP contribution in [0.15, 0.2) is 72.8 Å². The molecule has 4 heteroatoms. The van der Waals surface area contributed by atoms with E-state index in [2.05, 4.69) is 6.07 Å². The van der Waals surface area contributed by atoms with Crippen molar-refractivity contribution in [3.05, 3.63) is 89.5 Å². The van der Waals surface area contributed by atoms with Crippen molar-refractivity contribution in [1.82, 2.24) is 0 Å². The minimum absolute atomic E-state index is 0.211. The fourth-order valence-corrected chi connectivity index (χ4v) is 2.82. The van der Waals surface area contributed by atoms with Crippen LogP contribution in [-0.2, 0) is 6.61 Å². The third kappa shape index (κ3) is 3.71. The number of halogens is 1. The van der Waals surface area contributed by atoms with Crippen molar-refractivity contribution in [3.8, 4) is 22.9 Å². The largest absolute Gasteiger partial charge is 0.488 e. The Kier molecular flexibility index (Phi) is 5.13. The van der Waals surface area contributed by atoms with Gasteiger partial charge in [0.15, 0.2) is 0 Å². The van der Waals surface area contributed by atoms with Crippen LogP contribution < -0.4 is 4.74 Å². The number of nitrogens with zero attached hydrogens (tertiary/aromatic N) is 1. The molecular formula is C21H14ClNO2. The lowest BCUT2D eigenvalue weighted by Crippen LogP contribution is -2.04. The van der Waals surface area contributed by atoms with E-state index in [1.807, 2.05) is 60.7 Å². The maximum absolute atomic E-state index is 12.1. The standard InChI is InChI=1S/C21H14ClNO2/c22-21(24)20-18(25-14-15-7-3-1-4-8-15)12-11-17(13-23)19(20)16-9-5-2-6-10-16/h1-12H,14H2. The number of ether oxygens (including phenoxy) is 1. The number of rotatable bonds is 5. The highest BCUT2D eigenvalue weighted by atomic mass is 35.5. The molecule has 0 spiro atoms. The minimum Gasteiger partial charge on any atom is -0.488 e. The molecule has 0 unspecified atom stereocenters. The number of hydrogen-bond acceptors (Lipinski definition) is 3. The summed E-state index contributed by atoms with van der Waals surface area (Å²) in [6.45, 7) is 0.304. The third-order valence-electron chi connectivity index (χ3n) is 3.78. The summed E-state index contributed by atoms with van der Waals surface area (Å²) in [5, 5.41) is 8.79. The first-order valence-corrected chi connectivity index (χ1v) is 8.07. The lowest BCUT2D eigenvalue weighted by atomic mass is 9.94. The molecule has 0 amide bonds. The van der Waals surface area contributed by atoms with Gasteiger partial charge in [0, 0.05) is 5.56 Å². The van der Waals surface area contributed by atoms with Crippen molar-refractivity contribution in [2.75, 3.05) is 0 Å². The van der Waals surface area contributed by atoms with Crippen molar-refractivity contribution in [1.29, 1.82) is 5.26 Å². The molecule has 25 heavy (non-hydrogen) atoms. The molecule has 0 fully saturated rings. The predicted molar refractivity (Wildman–Crippen MR) is 97.6 cm³/mol. The van der Waals surface area contributed by atoms with E-state index >= 15 is 0 Å². The fraction of sp³-hybridized carbons (Fsp3) is 0.0476. The highest BCUT2D eigenvalue weighted by molar-refractivity contribution is 6.68. The van der Waals surface area contributed by atoms with Gasteiger partial charge in [-0.15, -0.1) is 0 Å². The molecule has 0 aromatic heterocycles. The molecule has 3 aromatic carbocycles. The maximum Gasteiger partial charge on any atom is 0.256 e. The summed E-state index contributed by atoms with van der Waals surface area (Å²) in [5.74, 6) is 0.363. The van der Waals surface area contributed by atoms with Gasteiger partial charge in [0.25, 0.3) is 5.24 Å². The number of carbonyl (C=O) groups is 1. The van der Waals surface area contributed by atoms with Gasteiger partial charge in [-0.2, -0.15) is 5.26 Å². The van der Waals surface area contributed by atoms with Crippen LogP contribution in [0.25, 0.3) is 11.1 Å². The Morgan fingerprint density at radius 2 is 1.60 bits per heavy atom. The third-order valence-corrected chi connectivity index (χ3v) is 3.97. The van der Waals surface area contributed by atoms with Crippen molar-refractivity contribution in [2.24, 2.45) is 0 Å². The molecule has 0 saturated carbocycles. The highest BCUT2D eigenvalue weighted by Gasteiger charge is 2.21. The maximum atomic E-state index is 12.1. The zero-order valence-corrected chi connectivity index (χ0v) is 14.0. The van der Waals surface area contributed by atoms with Crippen LogP contribution in [-0.4, -0.2) is 5.24 Å². The van der Waals surface area contributed by atoms with Gasteiger partial charge in [-0.3, -0.25) is 4.79 Å². The Morgan fingerprint density at radius 3 is 2.20 bits per heavy atom. The van der Waals surface area contributed by atoms with E-state index < -0.39 is 5.24 Å². The average Bonchev–Trinajstić information content (AvgIpc) is 2.67. The molecule has 0 aliphatic heterocycles. The first-order chi connectivity index (χ1) is 12.2. The quantitative estimate of drug-likeness (QED) is 0.597. The lowest BCUT2D eigenvalue weighted by Gasteiger charge is -2.15. The van der Waals surface area contributed by atoms with E-state index in [4.69, 9.17) is 16.3 Å². The smallest absolute Gasteiger partial charge is 0.256 e. The monoisotopic (exact) mass is 347 g/mol. The molecule has 0 N–H and O–H groups in total. The normalized spacial score (nSPS) is 10.1. The van der Waals surface area contributed by atoms with E-state index in [9.17, 15) is 10.1 Å². The molecule has 3 rings (SSSR count). The van der Waals surface area contributed by atoms with E-state index in [0.29, 0.717) is 23.5 Å². The number of benzene rings is 3. The molecule has 3 aromatic rings. The minimum atomic E-state index is -0.654. The summed E-state index contributed by atoms with van der Waals surface area (Å²) in [7, 11) is 0. The summed E-state index contributed by atoms with van der Waals surface area (Å²) in [4.78, 5) is 12.1. The molecule has 0 heterocycles. The van der Waals surface area contributed by atoms with E-state index in [1.54, 1.807) is 12.1 Å². The zero-order valence-electron chi connectivity index (χ0n) is 13.3. The molecule has 0 aliphatic carbocycles. The molecular weight excluding hydrogens is 334 g/mol. The Labute approximate surface area is 151 Å². The number of carbonyl (C=O) groups excluding carboxylic acids is 1. The van der Waals surface area contributed by atoms with Gasteiger partial charge in [0.05, 0.1) is 17.2 Å². The Balaban J connectivity index is 2.08. The van der Waals surface area contributed by atoms with Crippen LogP contribution in [0, 0.1) is 11.3 Å². The van der Waals surface area contributed by atoms with Crippen LogP contribution in [0.3, 0.4) is 0 Å². The Hall–Kier alpha value is -3.09. The van der Waals surface area contributed by atoms with E-state index in [0.717, 1.165) is 11.1 Å². The van der Waals surface area contributed by atoms with Crippen molar-refractivity contribution < 1.29 is 9.53 Å². The zero-order chi connectivity index (χ0) is 17.6. The van der Waals surface area contributed by atoms with Crippen LogP contribution in [0.1, 0.15) is 21.5 Å². The molecule has 0 saturated heterocycles. The highest BCUT2D eigenvalue weighted by Crippen LogP contribution is 2.35. The van der Waals surface area contributed by atoms with E-state index in [-0.39, 0.29) is 5.56 Å². The topological polar surface area (TPSA) is 50.1 Å². The number of nitriles is 1. The van der Waals surface area contributed by atoms with Gasteiger partial charge in [-0.05, 0) is 34.9 Å². The predicted octanol–water partition coefficient (Wildman–Crippen LogP) is 5.18.